The molecule has 0 amide bonds. The van der Waals surface area contributed by atoms with Gasteiger partial charge in [-0.1, -0.05) is 36.4 Å². The molecule has 1 heterocycles. The lowest BCUT2D eigenvalue weighted by Gasteiger charge is -2.16. The molecule has 0 radical (unpaired) electrons. The van der Waals surface area contributed by atoms with Crippen LogP contribution in [-0.4, -0.2) is 9.55 Å². The second kappa shape index (κ2) is 4.39. The molecule has 0 bridgehead atoms. The summed E-state index contributed by atoms with van der Waals surface area (Å²) in [6.07, 6.45) is 0. The van der Waals surface area contributed by atoms with Crippen molar-refractivity contribution in [3.05, 3.63) is 59.9 Å². The summed E-state index contributed by atoms with van der Waals surface area (Å²) in [7, 11) is 0. The van der Waals surface area contributed by atoms with Gasteiger partial charge >= 0.3 is 0 Å². The van der Waals surface area contributed by atoms with E-state index >= 15 is 0 Å². The number of nitrogen functional groups attached to an aromatic ring is 1. The highest BCUT2D eigenvalue weighted by Crippen LogP contribution is 2.28. The van der Waals surface area contributed by atoms with Crippen molar-refractivity contribution in [1.29, 1.82) is 0 Å². The van der Waals surface area contributed by atoms with Crippen LogP contribution < -0.4 is 5.73 Å². The van der Waals surface area contributed by atoms with Gasteiger partial charge in [-0.2, -0.15) is 0 Å². The van der Waals surface area contributed by atoms with Crippen molar-refractivity contribution < 1.29 is 4.39 Å². The highest BCUT2D eigenvalue weighted by Gasteiger charge is 2.17. The van der Waals surface area contributed by atoms with E-state index in [4.69, 9.17) is 5.73 Å². The number of benzene rings is 2. The van der Waals surface area contributed by atoms with E-state index in [1.165, 1.54) is 6.07 Å². The minimum Gasteiger partial charge on any atom is -0.369 e. The van der Waals surface area contributed by atoms with Gasteiger partial charge in [-0.05, 0) is 24.6 Å². The minimum absolute atomic E-state index is 0.00741. The van der Waals surface area contributed by atoms with Crippen molar-refractivity contribution >= 4 is 17.0 Å². The van der Waals surface area contributed by atoms with Gasteiger partial charge in [0.15, 0.2) is 5.82 Å². The molecular formula is C15H14FN3. The van der Waals surface area contributed by atoms with E-state index < -0.39 is 0 Å². The molecule has 19 heavy (non-hydrogen) atoms. The summed E-state index contributed by atoms with van der Waals surface area (Å²) in [4.78, 5) is 4.12. The number of para-hydroxylation sites is 1. The molecule has 2 N–H and O–H groups in total. The molecule has 96 valence electrons. The lowest BCUT2D eigenvalue weighted by atomic mass is 10.1. The van der Waals surface area contributed by atoms with E-state index in [2.05, 4.69) is 4.98 Å². The maximum Gasteiger partial charge on any atom is 0.201 e. The molecule has 3 aromatic rings. The Morgan fingerprint density at radius 1 is 1.11 bits per heavy atom. The van der Waals surface area contributed by atoms with Crippen LogP contribution >= 0.6 is 0 Å². The molecule has 1 atom stereocenters. The zero-order valence-corrected chi connectivity index (χ0v) is 10.5. The van der Waals surface area contributed by atoms with E-state index in [0.29, 0.717) is 17.0 Å². The monoisotopic (exact) mass is 255 g/mol. The Labute approximate surface area is 110 Å². The normalized spacial score (nSPS) is 12.7. The summed E-state index contributed by atoms with van der Waals surface area (Å²) in [6, 6.07) is 14.9. The van der Waals surface area contributed by atoms with E-state index in [1.807, 2.05) is 47.9 Å². The van der Waals surface area contributed by atoms with Crippen LogP contribution in [0.1, 0.15) is 18.5 Å². The maximum absolute atomic E-state index is 13.7. The molecule has 0 aliphatic rings. The van der Waals surface area contributed by atoms with E-state index in [9.17, 15) is 4.39 Å². The van der Waals surface area contributed by atoms with Gasteiger partial charge in [0.25, 0.3) is 0 Å². The average Bonchev–Trinajstić information content (AvgIpc) is 2.77. The zero-order chi connectivity index (χ0) is 13.4. The van der Waals surface area contributed by atoms with Crippen molar-refractivity contribution in [3.8, 4) is 0 Å². The zero-order valence-electron chi connectivity index (χ0n) is 10.5. The van der Waals surface area contributed by atoms with Crippen LogP contribution in [0.25, 0.3) is 11.0 Å². The Kier molecular flexibility index (Phi) is 2.71. The number of rotatable bonds is 2. The number of anilines is 1. The number of hydrogen-bond donors (Lipinski definition) is 1. The largest absolute Gasteiger partial charge is 0.369 e. The molecule has 0 saturated carbocycles. The fourth-order valence-electron chi connectivity index (χ4n) is 2.39. The Bertz CT molecular complexity index is 719. The molecule has 3 nitrogen and oxygen atoms in total. The summed E-state index contributed by atoms with van der Waals surface area (Å²) in [5.74, 6) is -0.0142. The second-order valence-electron chi connectivity index (χ2n) is 4.53. The van der Waals surface area contributed by atoms with Crippen LogP contribution in [-0.2, 0) is 0 Å². The first-order chi connectivity index (χ1) is 9.18. The topological polar surface area (TPSA) is 43.8 Å². The molecule has 2 aromatic carbocycles. The van der Waals surface area contributed by atoms with Gasteiger partial charge in [-0.15, -0.1) is 0 Å². The smallest absolute Gasteiger partial charge is 0.201 e. The van der Waals surface area contributed by atoms with Crippen molar-refractivity contribution in [3.63, 3.8) is 0 Å². The molecule has 0 aliphatic heterocycles. The fraction of sp³-hybridized carbons (Fsp3) is 0.133. The minimum atomic E-state index is -0.344. The summed E-state index contributed by atoms with van der Waals surface area (Å²) < 4.78 is 15.6. The first kappa shape index (κ1) is 11.7. The SMILES string of the molecule is CC(c1ccccc1)n1c(N)nc2c(F)cccc21. The van der Waals surface area contributed by atoms with Gasteiger partial charge in [0, 0.05) is 0 Å². The molecule has 0 saturated heterocycles. The standard InChI is InChI=1S/C15H14FN3/c1-10(11-6-3-2-4-7-11)19-13-9-5-8-12(16)14(13)18-15(19)17/h2-10H,1H3,(H2,17,18). The van der Waals surface area contributed by atoms with Crippen LogP contribution in [0, 0.1) is 5.82 Å². The van der Waals surface area contributed by atoms with E-state index in [0.717, 1.165) is 5.56 Å². The fourth-order valence-corrected chi connectivity index (χ4v) is 2.39. The summed E-state index contributed by atoms with van der Waals surface area (Å²) in [6.45, 7) is 2.03. The first-order valence-corrected chi connectivity index (χ1v) is 6.15. The van der Waals surface area contributed by atoms with Crippen LogP contribution in [0.5, 0.6) is 0 Å². The van der Waals surface area contributed by atoms with E-state index in [-0.39, 0.29) is 11.9 Å². The number of halogens is 1. The van der Waals surface area contributed by atoms with Gasteiger partial charge in [-0.25, -0.2) is 9.37 Å². The van der Waals surface area contributed by atoms with Crippen LogP contribution in [0.2, 0.25) is 0 Å². The maximum atomic E-state index is 13.7. The summed E-state index contributed by atoms with van der Waals surface area (Å²) in [5, 5.41) is 0. The Hall–Kier alpha value is -2.36. The first-order valence-electron chi connectivity index (χ1n) is 6.15. The molecule has 3 rings (SSSR count). The third-order valence-electron chi connectivity index (χ3n) is 3.37. The van der Waals surface area contributed by atoms with Crippen molar-refractivity contribution in [2.45, 2.75) is 13.0 Å². The number of fused-ring (bicyclic) bond motifs is 1. The Morgan fingerprint density at radius 2 is 1.84 bits per heavy atom. The van der Waals surface area contributed by atoms with Gasteiger partial charge in [0.1, 0.15) is 5.52 Å². The molecule has 1 unspecified atom stereocenters. The van der Waals surface area contributed by atoms with Crippen molar-refractivity contribution in [1.82, 2.24) is 9.55 Å². The predicted molar refractivity (Wildman–Crippen MR) is 74.4 cm³/mol. The van der Waals surface area contributed by atoms with Gasteiger partial charge in [0.05, 0.1) is 11.6 Å². The highest BCUT2D eigenvalue weighted by molar-refractivity contribution is 5.79. The highest BCUT2D eigenvalue weighted by atomic mass is 19.1. The van der Waals surface area contributed by atoms with Crippen molar-refractivity contribution in [2.24, 2.45) is 0 Å². The number of aromatic nitrogens is 2. The van der Waals surface area contributed by atoms with Gasteiger partial charge in [0.2, 0.25) is 5.95 Å². The Morgan fingerprint density at radius 3 is 2.58 bits per heavy atom. The second-order valence-corrected chi connectivity index (χ2v) is 4.53. The number of imidazole rings is 1. The van der Waals surface area contributed by atoms with Crippen LogP contribution in [0.3, 0.4) is 0 Å². The van der Waals surface area contributed by atoms with Crippen LogP contribution in [0.15, 0.2) is 48.5 Å². The van der Waals surface area contributed by atoms with Gasteiger partial charge in [-0.3, -0.25) is 0 Å². The average molecular weight is 255 g/mol. The number of hydrogen-bond acceptors (Lipinski definition) is 2. The summed E-state index contributed by atoms with van der Waals surface area (Å²) >= 11 is 0. The van der Waals surface area contributed by atoms with Crippen LogP contribution in [0.4, 0.5) is 10.3 Å². The molecule has 0 aliphatic carbocycles. The number of nitrogens with two attached hydrogens (primary N) is 1. The predicted octanol–water partition coefficient (Wildman–Crippen LogP) is 3.37. The lowest BCUT2D eigenvalue weighted by Crippen LogP contribution is -2.09. The molecule has 1 aromatic heterocycles. The van der Waals surface area contributed by atoms with Gasteiger partial charge < -0.3 is 10.3 Å². The molecule has 0 fully saturated rings. The van der Waals surface area contributed by atoms with Crippen molar-refractivity contribution in [2.75, 3.05) is 5.73 Å². The third-order valence-corrected chi connectivity index (χ3v) is 3.37. The number of nitrogens with zero attached hydrogens (tertiary/aromatic N) is 2. The van der Waals surface area contributed by atoms with E-state index in [1.54, 1.807) is 6.07 Å². The Balaban J connectivity index is 2.20. The summed E-state index contributed by atoms with van der Waals surface area (Å²) in [5.41, 5.74) is 8.09. The molecule has 4 heteroatoms. The quantitative estimate of drug-likeness (QED) is 0.763. The molecular weight excluding hydrogens is 241 g/mol. The lowest BCUT2D eigenvalue weighted by molar-refractivity contribution is 0.636. The third kappa shape index (κ3) is 1.85. The molecule has 0 spiro atoms.